The van der Waals surface area contributed by atoms with Crippen molar-refractivity contribution in [1.29, 1.82) is 0 Å². The van der Waals surface area contributed by atoms with Gasteiger partial charge in [0.15, 0.2) is 0 Å². The molecule has 0 saturated carbocycles. The molecule has 3 rings (SSSR count). The number of ether oxygens (including phenoxy) is 3. The molecule has 112 valence electrons. The molecule has 1 heterocycles. The molecule has 0 fully saturated rings. The van der Waals surface area contributed by atoms with E-state index in [1.54, 1.807) is 14.2 Å². The Morgan fingerprint density at radius 3 is 2.24 bits per heavy atom. The summed E-state index contributed by atoms with van der Waals surface area (Å²) in [5, 5.41) is 2.21. The molecule has 0 aromatic heterocycles. The maximum atomic E-state index is 6.00. The van der Waals surface area contributed by atoms with Crippen LogP contribution in [-0.4, -0.2) is 20.3 Å². The minimum atomic E-state index is 0.280. The molecular weight excluding hydrogens is 264 g/mol. The van der Waals surface area contributed by atoms with E-state index in [2.05, 4.69) is 19.1 Å². The predicted octanol–water partition coefficient (Wildman–Crippen LogP) is 4.10. The number of fused-ring (bicyclic) bond motifs is 2. The molecule has 0 amide bonds. The van der Waals surface area contributed by atoms with Gasteiger partial charge >= 0.3 is 0 Å². The fourth-order valence-corrected chi connectivity index (χ4v) is 3.31. The number of hydrogen-bond donors (Lipinski definition) is 0. The highest BCUT2D eigenvalue weighted by Gasteiger charge is 2.27. The van der Waals surface area contributed by atoms with Gasteiger partial charge in [-0.25, -0.2) is 0 Å². The van der Waals surface area contributed by atoms with Crippen molar-refractivity contribution in [1.82, 2.24) is 0 Å². The molecule has 0 saturated heterocycles. The summed E-state index contributed by atoms with van der Waals surface area (Å²) in [5.41, 5.74) is 2.39. The molecule has 2 aromatic rings. The summed E-state index contributed by atoms with van der Waals surface area (Å²) in [6.45, 7) is 2.79. The summed E-state index contributed by atoms with van der Waals surface area (Å²) in [4.78, 5) is 0. The van der Waals surface area contributed by atoms with Crippen LogP contribution in [0.1, 0.15) is 30.9 Å². The first-order valence-electron chi connectivity index (χ1n) is 7.56. The highest BCUT2D eigenvalue weighted by atomic mass is 16.5. The first-order chi connectivity index (χ1) is 10.3. The third kappa shape index (κ3) is 2.36. The summed E-state index contributed by atoms with van der Waals surface area (Å²) in [6, 6.07) is 8.25. The Kier molecular flexibility index (Phi) is 4.02. The first-order valence-corrected chi connectivity index (χ1v) is 7.56. The van der Waals surface area contributed by atoms with Crippen LogP contribution in [0.25, 0.3) is 10.8 Å². The Bertz CT molecular complexity index is 648. The summed E-state index contributed by atoms with van der Waals surface area (Å²) in [7, 11) is 3.48. The molecule has 0 N–H and O–H groups in total. The fourth-order valence-electron chi connectivity index (χ4n) is 3.31. The van der Waals surface area contributed by atoms with Crippen molar-refractivity contribution < 1.29 is 14.2 Å². The molecule has 1 atom stereocenters. The Balaban J connectivity index is 2.22. The van der Waals surface area contributed by atoms with E-state index in [0.717, 1.165) is 47.1 Å². The normalized spacial score (nSPS) is 17.6. The van der Waals surface area contributed by atoms with E-state index in [9.17, 15) is 0 Å². The SMILES string of the molecule is CCCC1Cc2c(c(OC)c3ccccc3c2OC)CO1. The standard InChI is InChI=1S/C18H22O3/c1-4-7-12-10-15-16(11-21-12)18(20-3)14-9-6-5-8-13(14)17(15)19-2/h5-6,8-9,12H,4,7,10-11H2,1-3H3. The van der Waals surface area contributed by atoms with Gasteiger partial charge in [0.25, 0.3) is 0 Å². The lowest BCUT2D eigenvalue weighted by molar-refractivity contribution is 0.0211. The average molecular weight is 286 g/mol. The van der Waals surface area contributed by atoms with E-state index < -0.39 is 0 Å². The minimum Gasteiger partial charge on any atom is -0.496 e. The Labute approximate surface area is 125 Å². The molecular formula is C18H22O3. The minimum absolute atomic E-state index is 0.280. The van der Waals surface area contributed by atoms with Gasteiger partial charge in [0.05, 0.1) is 26.9 Å². The van der Waals surface area contributed by atoms with E-state index in [0.29, 0.717) is 6.61 Å². The number of rotatable bonds is 4. The molecule has 0 aliphatic carbocycles. The van der Waals surface area contributed by atoms with Gasteiger partial charge in [0.2, 0.25) is 0 Å². The molecule has 21 heavy (non-hydrogen) atoms. The van der Waals surface area contributed by atoms with Crippen LogP contribution in [0.3, 0.4) is 0 Å². The van der Waals surface area contributed by atoms with Crippen molar-refractivity contribution in [2.45, 2.75) is 38.9 Å². The van der Waals surface area contributed by atoms with Crippen LogP contribution in [0.4, 0.5) is 0 Å². The summed E-state index contributed by atoms with van der Waals surface area (Å²) >= 11 is 0. The largest absolute Gasteiger partial charge is 0.496 e. The van der Waals surface area contributed by atoms with Gasteiger partial charge in [-0.3, -0.25) is 0 Å². The third-order valence-corrected chi connectivity index (χ3v) is 4.24. The topological polar surface area (TPSA) is 27.7 Å². The zero-order valence-electron chi connectivity index (χ0n) is 12.9. The monoisotopic (exact) mass is 286 g/mol. The Hall–Kier alpha value is -1.74. The molecule has 0 radical (unpaired) electrons. The molecule has 3 nitrogen and oxygen atoms in total. The molecule has 0 bridgehead atoms. The quantitative estimate of drug-likeness (QED) is 0.847. The van der Waals surface area contributed by atoms with Gasteiger partial charge in [-0.2, -0.15) is 0 Å². The summed E-state index contributed by atoms with van der Waals surface area (Å²) in [6.07, 6.45) is 3.39. The van der Waals surface area contributed by atoms with Crippen molar-refractivity contribution >= 4 is 10.8 Å². The lowest BCUT2D eigenvalue weighted by Gasteiger charge is -2.29. The highest BCUT2D eigenvalue weighted by molar-refractivity contribution is 5.96. The molecule has 0 spiro atoms. The van der Waals surface area contributed by atoms with Crippen LogP contribution in [-0.2, 0) is 17.8 Å². The van der Waals surface area contributed by atoms with E-state index >= 15 is 0 Å². The second kappa shape index (κ2) is 5.94. The van der Waals surface area contributed by atoms with Gasteiger partial charge in [-0.1, -0.05) is 37.6 Å². The van der Waals surface area contributed by atoms with Gasteiger partial charge in [-0.05, 0) is 6.42 Å². The van der Waals surface area contributed by atoms with E-state index in [1.165, 1.54) is 5.56 Å². The van der Waals surface area contributed by atoms with Gasteiger partial charge in [-0.15, -0.1) is 0 Å². The lowest BCUT2D eigenvalue weighted by atomic mass is 9.91. The predicted molar refractivity (Wildman–Crippen MR) is 84.2 cm³/mol. The second-order valence-electron chi connectivity index (χ2n) is 5.49. The van der Waals surface area contributed by atoms with Gasteiger partial charge in [0, 0.05) is 28.3 Å². The molecule has 1 aliphatic rings. The van der Waals surface area contributed by atoms with Crippen LogP contribution < -0.4 is 9.47 Å². The number of hydrogen-bond acceptors (Lipinski definition) is 3. The van der Waals surface area contributed by atoms with Crippen molar-refractivity contribution in [3.8, 4) is 11.5 Å². The maximum Gasteiger partial charge on any atom is 0.132 e. The van der Waals surface area contributed by atoms with Gasteiger partial charge in [0.1, 0.15) is 11.5 Å². The van der Waals surface area contributed by atoms with E-state index in [1.807, 2.05) is 12.1 Å². The Morgan fingerprint density at radius 1 is 1.05 bits per heavy atom. The highest BCUT2D eigenvalue weighted by Crippen LogP contribution is 2.43. The van der Waals surface area contributed by atoms with E-state index in [-0.39, 0.29) is 6.10 Å². The van der Waals surface area contributed by atoms with Crippen molar-refractivity contribution in [3.05, 3.63) is 35.4 Å². The maximum absolute atomic E-state index is 6.00. The fraction of sp³-hybridized carbons (Fsp3) is 0.444. The van der Waals surface area contributed by atoms with Crippen LogP contribution in [0, 0.1) is 0 Å². The van der Waals surface area contributed by atoms with Crippen LogP contribution in [0.15, 0.2) is 24.3 Å². The van der Waals surface area contributed by atoms with Crippen LogP contribution in [0.2, 0.25) is 0 Å². The molecule has 3 heteroatoms. The summed E-state index contributed by atoms with van der Waals surface area (Å²) in [5.74, 6) is 1.90. The zero-order chi connectivity index (χ0) is 14.8. The second-order valence-corrected chi connectivity index (χ2v) is 5.49. The third-order valence-electron chi connectivity index (χ3n) is 4.24. The van der Waals surface area contributed by atoms with Crippen LogP contribution >= 0.6 is 0 Å². The average Bonchev–Trinajstić information content (AvgIpc) is 2.52. The Morgan fingerprint density at radius 2 is 1.67 bits per heavy atom. The van der Waals surface area contributed by atoms with Crippen LogP contribution in [0.5, 0.6) is 11.5 Å². The van der Waals surface area contributed by atoms with Crippen molar-refractivity contribution in [2.24, 2.45) is 0 Å². The van der Waals surface area contributed by atoms with Crippen molar-refractivity contribution in [2.75, 3.05) is 14.2 Å². The number of benzene rings is 2. The van der Waals surface area contributed by atoms with E-state index in [4.69, 9.17) is 14.2 Å². The molecule has 1 unspecified atom stereocenters. The molecule has 2 aromatic carbocycles. The lowest BCUT2D eigenvalue weighted by Crippen LogP contribution is -2.23. The molecule has 1 aliphatic heterocycles. The van der Waals surface area contributed by atoms with Gasteiger partial charge < -0.3 is 14.2 Å². The van der Waals surface area contributed by atoms with Crippen molar-refractivity contribution in [3.63, 3.8) is 0 Å². The smallest absolute Gasteiger partial charge is 0.132 e. The first kappa shape index (κ1) is 14.2. The zero-order valence-corrected chi connectivity index (χ0v) is 12.9. The number of methoxy groups -OCH3 is 2. The summed E-state index contributed by atoms with van der Waals surface area (Å²) < 4.78 is 17.4.